The monoisotopic (exact) mass is 370 g/mol. The standard InChI is InChI=1S/C18H18N4O3S/c1-12-13(7-6-9-15(12)22(23)24)11-26-18-20-19-17(21(18)2)14-8-4-5-10-16(14)25-3/h4-10H,11H2,1-3H3. The number of benzene rings is 2. The van der Waals surface area contributed by atoms with Crippen LogP contribution in [0.3, 0.4) is 0 Å². The molecule has 26 heavy (non-hydrogen) atoms. The number of para-hydroxylation sites is 1. The molecule has 0 aliphatic carbocycles. The summed E-state index contributed by atoms with van der Waals surface area (Å²) in [5.41, 5.74) is 2.59. The Bertz CT molecular complexity index is 955. The van der Waals surface area contributed by atoms with Gasteiger partial charge in [0.05, 0.1) is 17.6 Å². The molecular formula is C18H18N4O3S. The van der Waals surface area contributed by atoms with E-state index in [0.717, 1.165) is 22.0 Å². The molecule has 1 heterocycles. The molecule has 0 radical (unpaired) electrons. The van der Waals surface area contributed by atoms with Gasteiger partial charge in [-0.25, -0.2) is 0 Å². The molecule has 1 aromatic heterocycles. The molecule has 0 bridgehead atoms. The summed E-state index contributed by atoms with van der Waals surface area (Å²) < 4.78 is 7.29. The van der Waals surface area contributed by atoms with Crippen molar-refractivity contribution in [3.8, 4) is 17.1 Å². The minimum Gasteiger partial charge on any atom is -0.496 e. The van der Waals surface area contributed by atoms with E-state index in [2.05, 4.69) is 10.2 Å². The second-order valence-corrected chi connectivity index (χ2v) is 6.62. The number of nitro groups is 1. The summed E-state index contributed by atoms with van der Waals surface area (Å²) in [6.45, 7) is 1.77. The van der Waals surface area contributed by atoms with E-state index >= 15 is 0 Å². The van der Waals surface area contributed by atoms with E-state index in [4.69, 9.17) is 4.74 Å². The Kier molecular flexibility index (Phi) is 5.22. The largest absolute Gasteiger partial charge is 0.496 e. The highest BCUT2D eigenvalue weighted by Gasteiger charge is 2.17. The lowest BCUT2D eigenvalue weighted by Crippen LogP contribution is -1.98. The number of hydrogen-bond acceptors (Lipinski definition) is 6. The average molecular weight is 370 g/mol. The number of hydrogen-bond donors (Lipinski definition) is 0. The van der Waals surface area contributed by atoms with E-state index in [-0.39, 0.29) is 10.6 Å². The summed E-state index contributed by atoms with van der Waals surface area (Å²) >= 11 is 1.49. The van der Waals surface area contributed by atoms with Crippen LogP contribution in [0.15, 0.2) is 47.6 Å². The van der Waals surface area contributed by atoms with Gasteiger partial charge in [0.2, 0.25) is 0 Å². The highest BCUT2D eigenvalue weighted by Crippen LogP contribution is 2.32. The fourth-order valence-electron chi connectivity index (χ4n) is 2.67. The third-order valence-corrected chi connectivity index (χ3v) is 5.22. The van der Waals surface area contributed by atoms with Gasteiger partial charge in [-0.2, -0.15) is 0 Å². The zero-order valence-electron chi connectivity index (χ0n) is 14.7. The van der Waals surface area contributed by atoms with Crippen LogP contribution in [0, 0.1) is 17.0 Å². The number of methoxy groups -OCH3 is 1. The van der Waals surface area contributed by atoms with Gasteiger partial charge in [0, 0.05) is 24.4 Å². The highest BCUT2D eigenvalue weighted by atomic mass is 32.2. The molecule has 2 aromatic carbocycles. The van der Waals surface area contributed by atoms with E-state index < -0.39 is 0 Å². The van der Waals surface area contributed by atoms with Gasteiger partial charge in [-0.3, -0.25) is 10.1 Å². The maximum absolute atomic E-state index is 11.1. The van der Waals surface area contributed by atoms with Crippen LogP contribution in [0.25, 0.3) is 11.4 Å². The number of nitro benzene ring substituents is 1. The Labute approximate surface area is 155 Å². The van der Waals surface area contributed by atoms with Gasteiger partial charge < -0.3 is 9.30 Å². The van der Waals surface area contributed by atoms with Crippen molar-refractivity contribution in [1.29, 1.82) is 0 Å². The number of ether oxygens (including phenoxy) is 1. The van der Waals surface area contributed by atoms with Crippen LogP contribution in [0.5, 0.6) is 5.75 Å². The summed E-state index contributed by atoms with van der Waals surface area (Å²) in [4.78, 5) is 10.7. The highest BCUT2D eigenvalue weighted by molar-refractivity contribution is 7.98. The van der Waals surface area contributed by atoms with Gasteiger partial charge in [-0.15, -0.1) is 10.2 Å². The number of thioether (sulfide) groups is 1. The van der Waals surface area contributed by atoms with Crippen molar-refractivity contribution < 1.29 is 9.66 Å². The molecule has 0 aliphatic rings. The minimum atomic E-state index is -0.356. The van der Waals surface area contributed by atoms with E-state index in [1.807, 2.05) is 41.9 Å². The topological polar surface area (TPSA) is 83.1 Å². The summed E-state index contributed by atoms with van der Waals surface area (Å²) in [5, 5.41) is 20.4. The lowest BCUT2D eigenvalue weighted by atomic mass is 10.1. The Morgan fingerprint density at radius 3 is 2.69 bits per heavy atom. The molecule has 0 saturated carbocycles. The predicted octanol–water partition coefficient (Wildman–Crippen LogP) is 4.00. The van der Waals surface area contributed by atoms with E-state index in [1.165, 1.54) is 17.8 Å². The summed E-state index contributed by atoms with van der Waals surface area (Å²) in [7, 11) is 3.51. The molecule has 0 aliphatic heterocycles. The normalized spacial score (nSPS) is 10.7. The Morgan fingerprint density at radius 1 is 1.19 bits per heavy atom. The van der Waals surface area contributed by atoms with E-state index in [9.17, 15) is 10.1 Å². The van der Waals surface area contributed by atoms with Crippen LogP contribution in [0.4, 0.5) is 5.69 Å². The average Bonchev–Trinajstić information content (AvgIpc) is 3.01. The molecule has 0 unspecified atom stereocenters. The molecule has 134 valence electrons. The first-order valence-corrected chi connectivity index (χ1v) is 8.90. The van der Waals surface area contributed by atoms with Crippen molar-refractivity contribution in [3.63, 3.8) is 0 Å². The fraction of sp³-hybridized carbons (Fsp3) is 0.222. The van der Waals surface area contributed by atoms with Crippen molar-refractivity contribution in [2.24, 2.45) is 7.05 Å². The van der Waals surface area contributed by atoms with Crippen molar-refractivity contribution in [3.05, 3.63) is 63.7 Å². The van der Waals surface area contributed by atoms with Gasteiger partial charge in [0.25, 0.3) is 5.69 Å². The van der Waals surface area contributed by atoms with Crippen molar-refractivity contribution in [2.45, 2.75) is 17.8 Å². The molecule has 0 atom stereocenters. The second kappa shape index (κ2) is 7.57. The van der Waals surface area contributed by atoms with Crippen LogP contribution >= 0.6 is 11.8 Å². The minimum absolute atomic E-state index is 0.135. The van der Waals surface area contributed by atoms with Crippen molar-refractivity contribution in [2.75, 3.05) is 7.11 Å². The molecular weight excluding hydrogens is 352 g/mol. The maximum Gasteiger partial charge on any atom is 0.272 e. The molecule has 0 N–H and O–H groups in total. The first-order valence-electron chi connectivity index (χ1n) is 7.91. The molecule has 3 rings (SSSR count). The Morgan fingerprint density at radius 2 is 1.96 bits per heavy atom. The molecule has 3 aromatic rings. The van der Waals surface area contributed by atoms with E-state index in [0.29, 0.717) is 17.1 Å². The third kappa shape index (κ3) is 3.41. The zero-order valence-corrected chi connectivity index (χ0v) is 15.5. The van der Waals surface area contributed by atoms with Crippen molar-refractivity contribution in [1.82, 2.24) is 14.8 Å². The SMILES string of the molecule is COc1ccccc1-c1nnc(SCc2cccc([N+](=O)[O-])c2C)n1C. The van der Waals surface area contributed by atoms with Crippen molar-refractivity contribution >= 4 is 17.4 Å². The summed E-state index contributed by atoms with van der Waals surface area (Å²) in [6, 6.07) is 12.8. The van der Waals surface area contributed by atoms with Gasteiger partial charge in [-0.1, -0.05) is 36.0 Å². The lowest BCUT2D eigenvalue weighted by Gasteiger charge is -2.08. The molecule has 0 spiro atoms. The Hall–Kier alpha value is -2.87. The second-order valence-electron chi connectivity index (χ2n) is 5.67. The van der Waals surface area contributed by atoms with Crippen LogP contribution in [-0.2, 0) is 12.8 Å². The predicted molar refractivity (Wildman–Crippen MR) is 100 cm³/mol. The third-order valence-electron chi connectivity index (χ3n) is 4.15. The molecule has 8 heteroatoms. The number of nitrogens with zero attached hydrogens (tertiary/aromatic N) is 4. The zero-order chi connectivity index (χ0) is 18.7. The van der Waals surface area contributed by atoms with Gasteiger partial charge in [0.1, 0.15) is 5.75 Å². The van der Waals surface area contributed by atoms with Crippen LogP contribution in [0.2, 0.25) is 0 Å². The first-order chi connectivity index (χ1) is 12.5. The molecule has 7 nitrogen and oxygen atoms in total. The first kappa shape index (κ1) is 17.9. The summed E-state index contributed by atoms with van der Waals surface area (Å²) in [6.07, 6.45) is 0. The van der Waals surface area contributed by atoms with Gasteiger partial charge in [-0.05, 0) is 24.6 Å². The van der Waals surface area contributed by atoms with Crippen LogP contribution in [-0.4, -0.2) is 26.8 Å². The Balaban J connectivity index is 1.84. The van der Waals surface area contributed by atoms with Gasteiger partial charge in [0.15, 0.2) is 11.0 Å². The molecule has 0 amide bonds. The van der Waals surface area contributed by atoms with Crippen LogP contribution < -0.4 is 4.74 Å². The quantitative estimate of drug-likeness (QED) is 0.370. The molecule has 0 fully saturated rings. The number of aromatic nitrogens is 3. The summed E-state index contributed by atoms with van der Waals surface area (Å²) in [5.74, 6) is 2.01. The number of rotatable bonds is 6. The molecule has 0 saturated heterocycles. The van der Waals surface area contributed by atoms with E-state index in [1.54, 1.807) is 20.1 Å². The maximum atomic E-state index is 11.1. The lowest BCUT2D eigenvalue weighted by molar-refractivity contribution is -0.385. The smallest absolute Gasteiger partial charge is 0.272 e. The fourth-order valence-corrected chi connectivity index (χ4v) is 3.65. The van der Waals surface area contributed by atoms with Gasteiger partial charge >= 0.3 is 0 Å². The van der Waals surface area contributed by atoms with Crippen LogP contribution in [0.1, 0.15) is 11.1 Å².